The second kappa shape index (κ2) is 11.0. The van der Waals surface area contributed by atoms with Crippen LogP contribution in [0.4, 0.5) is 14.6 Å². The molecule has 0 bridgehead atoms. The highest BCUT2D eigenvalue weighted by molar-refractivity contribution is 6.00. The van der Waals surface area contributed by atoms with Gasteiger partial charge in [0.05, 0.1) is 0 Å². The number of nitrogens with two attached hydrogens (primary N) is 1. The molecule has 8 heteroatoms. The first-order valence-corrected chi connectivity index (χ1v) is 12.1. The van der Waals surface area contributed by atoms with Crippen LogP contribution in [0.3, 0.4) is 0 Å². The van der Waals surface area contributed by atoms with E-state index < -0.39 is 30.1 Å². The number of allylic oxidation sites excluding steroid dienone is 3. The molecular formula is C27H34F2N4O2. The van der Waals surface area contributed by atoms with Crippen LogP contribution in [0.25, 0.3) is 6.08 Å². The third-order valence-electron chi connectivity index (χ3n) is 6.25. The van der Waals surface area contributed by atoms with E-state index in [0.29, 0.717) is 17.6 Å². The maximum absolute atomic E-state index is 13.2. The number of aryl methyl sites for hydroxylation is 1. The van der Waals surface area contributed by atoms with Gasteiger partial charge in [-0.1, -0.05) is 38.8 Å². The number of primary amides is 1. The zero-order valence-corrected chi connectivity index (χ0v) is 20.8. The van der Waals surface area contributed by atoms with Gasteiger partial charge in [0.2, 0.25) is 11.8 Å². The number of nitrogens with one attached hydrogen (secondary N) is 2. The Labute approximate surface area is 205 Å². The molecule has 0 radical (unpaired) electrons. The van der Waals surface area contributed by atoms with Gasteiger partial charge in [-0.05, 0) is 61.1 Å². The molecule has 1 saturated carbocycles. The second-order valence-electron chi connectivity index (χ2n) is 9.23. The molecule has 2 amide bonds. The predicted molar refractivity (Wildman–Crippen MR) is 134 cm³/mol. The predicted octanol–water partition coefficient (Wildman–Crippen LogP) is 5.18. The number of halogens is 2. The molecule has 35 heavy (non-hydrogen) atoms. The van der Waals surface area contributed by atoms with Crippen molar-refractivity contribution in [2.75, 3.05) is 5.32 Å². The van der Waals surface area contributed by atoms with Crippen LogP contribution in [0.2, 0.25) is 0 Å². The van der Waals surface area contributed by atoms with Gasteiger partial charge in [0, 0.05) is 36.0 Å². The van der Waals surface area contributed by atoms with Gasteiger partial charge < -0.3 is 16.4 Å². The van der Waals surface area contributed by atoms with Crippen molar-refractivity contribution in [2.45, 2.75) is 71.8 Å². The Morgan fingerprint density at radius 1 is 1.29 bits per heavy atom. The van der Waals surface area contributed by atoms with E-state index in [4.69, 9.17) is 5.73 Å². The topological polar surface area (TPSA) is 97.1 Å². The quantitative estimate of drug-likeness (QED) is 0.315. The summed E-state index contributed by atoms with van der Waals surface area (Å²) >= 11 is 0. The van der Waals surface area contributed by atoms with E-state index in [1.165, 1.54) is 0 Å². The number of carbonyl (C=O) groups is 2. The number of rotatable bonds is 10. The van der Waals surface area contributed by atoms with Crippen molar-refractivity contribution in [3.05, 3.63) is 64.0 Å². The Balaban J connectivity index is 1.96. The van der Waals surface area contributed by atoms with Crippen molar-refractivity contribution in [3.63, 3.8) is 0 Å². The fourth-order valence-corrected chi connectivity index (χ4v) is 4.10. The highest BCUT2D eigenvalue weighted by atomic mass is 19.3. The van der Waals surface area contributed by atoms with E-state index in [1.54, 1.807) is 12.3 Å². The van der Waals surface area contributed by atoms with Gasteiger partial charge in [-0.15, -0.1) is 0 Å². The normalized spacial score (nSPS) is 21.5. The molecule has 4 N–H and O–H groups in total. The zero-order valence-electron chi connectivity index (χ0n) is 20.8. The van der Waals surface area contributed by atoms with Crippen molar-refractivity contribution in [2.24, 2.45) is 11.7 Å². The molecule has 0 spiro atoms. The molecule has 1 fully saturated rings. The Morgan fingerprint density at radius 3 is 2.54 bits per heavy atom. The lowest BCUT2D eigenvalue weighted by Crippen LogP contribution is -2.27. The third-order valence-corrected chi connectivity index (χ3v) is 6.25. The van der Waals surface area contributed by atoms with Gasteiger partial charge in [-0.25, -0.2) is 13.8 Å². The lowest BCUT2D eigenvalue weighted by atomic mass is 9.87. The molecule has 6 nitrogen and oxygen atoms in total. The minimum Gasteiger partial charge on any atom is -0.384 e. The van der Waals surface area contributed by atoms with Crippen LogP contribution in [-0.4, -0.2) is 28.8 Å². The average molecular weight is 485 g/mol. The van der Waals surface area contributed by atoms with Crippen LogP contribution in [0, 0.1) is 12.8 Å². The van der Waals surface area contributed by atoms with Crippen molar-refractivity contribution < 1.29 is 18.4 Å². The number of dihydropyridines is 1. The molecule has 3 rings (SSSR count). The Kier molecular flexibility index (Phi) is 8.25. The highest BCUT2D eigenvalue weighted by Crippen LogP contribution is 2.49. The molecule has 1 aliphatic carbocycles. The smallest absolute Gasteiger partial charge is 0.260 e. The lowest BCUT2D eigenvalue weighted by molar-refractivity contribution is -0.119. The molecule has 2 atom stereocenters. The fourth-order valence-electron chi connectivity index (χ4n) is 4.10. The van der Waals surface area contributed by atoms with Gasteiger partial charge in [0.1, 0.15) is 11.7 Å². The van der Waals surface area contributed by atoms with Crippen LogP contribution in [0.1, 0.15) is 64.0 Å². The van der Waals surface area contributed by atoms with Gasteiger partial charge in [0.15, 0.2) is 0 Å². The summed E-state index contributed by atoms with van der Waals surface area (Å²) in [6.07, 6.45) is 12.5. The number of aromatic nitrogens is 1. The van der Waals surface area contributed by atoms with Crippen LogP contribution >= 0.6 is 0 Å². The lowest BCUT2D eigenvalue weighted by Gasteiger charge is -2.24. The highest BCUT2D eigenvalue weighted by Gasteiger charge is 2.61. The standard InChI is InChI=1S/C27H34F2N4O2/c1-5-7-9-20(25(30)34)21(22-15-31-19(8-6-2)10-17(22)4)12-18-14-32-24(11-16(18)3)33-26(35)23-13-27(23,28)29/h9-12,14-15,19,23,31H,5-8,13H2,1-4H3,(H2,30,34)(H,32,33,35)/b20-9-,21-12+. The fraction of sp³-hybridized carbons (Fsp3) is 0.444. The number of amides is 2. The number of hydrogen-bond donors (Lipinski definition) is 3. The van der Waals surface area contributed by atoms with Crippen molar-refractivity contribution >= 4 is 23.7 Å². The second-order valence-corrected chi connectivity index (χ2v) is 9.23. The molecule has 2 aliphatic rings. The van der Waals surface area contributed by atoms with Crippen LogP contribution in [-0.2, 0) is 9.59 Å². The molecule has 2 unspecified atom stereocenters. The van der Waals surface area contributed by atoms with Crippen molar-refractivity contribution in [1.82, 2.24) is 10.3 Å². The number of nitrogens with zero attached hydrogens (tertiary/aromatic N) is 1. The minimum atomic E-state index is -2.93. The first kappa shape index (κ1) is 26.3. The zero-order chi connectivity index (χ0) is 25.8. The van der Waals surface area contributed by atoms with E-state index in [1.807, 2.05) is 39.1 Å². The maximum atomic E-state index is 13.2. The molecule has 188 valence electrons. The molecule has 0 saturated heterocycles. The summed E-state index contributed by atoms with van der Waals surface area (Å²) in [6, 6.07) is 1.86. The molecule has 2 heterocycles. The number of carbonyl (C=O) groups excluding carboxylic acids is 2. The van der Waals surface area contributed by atoms with Crippen molar-refractivity contribution in [3.8, 4) is 0 Å². The summed E-state index contributed by atoms with van der Waals surface area (Å²) < 4.78 is 26.4. The first-order chi connectivity index (χ1) is 16.6. The van der Waals surface area contributed by atoms with Gasteiger partial charge in [-0.3, -0.25) is 9.59 Å². The number of anilines is 1. The minimum absolute atomic E-state index is 0.211. The van der Waals surface area contributed by atoms with E-state index in [9.17, 15) is 18.4 Å². The summed E-state index contributed by atoms with van der Waals surface area (Å²) in [5.41, 5.74) is 10.3. The molecule has 1 aliphatic heterocycles. The largest absolute Gasteiger partial charge is 0.384 e. The number of unbranched alkanes of at least 4 members (excludes halogenated alkanes) is 1. The number of pyridine rings is 1. The monoisotopic (exact) mass is 484 g/mol. The Bertz CT molecular complexity index is 1120. The van der Waals surface area contributed by atoms with Gasteiger partial charge in [0.25, 0.3) is 5.92 Å². The summed E-state index contributed by atoms with van der Waals surface area (Å²) in [6.45, 7) is 8.00. The molecule has 1 aromatic rings. The molecule has 0 aromatic carbocycles. The average Bonchev–Trinajstić information content (AvgIpc) is 3.43. The van der Waals surface area contributed by atoms with Gasteiger partial charge >= 0.3 is 0 Å². The van der Waals surface area contributed by atoms with Gasteiger partial charge in [-0.2, -0.15) is 0 Å². The summed E-state index contributed by atoms with van der Waals surface area (Å²) in [5, 5.41) is 5.87. The number of hydrogen-bond acceptors (Lipinski definition) is 4. The third kappa shape index (κ3) is 6.44. The van der Waals surface area contributed by atoms with Crippen LogP contribution in [0.15, 0.2) is 52.9 Å². The maximum Gasteiger partial charge on any atom is 0.260 e. The van der Waals surface area contributed by atoms with E-state index >= 15 is 0 Å². The van der Waals surface area contributed by atoms with Crippen molar-refractivity contribution in [1.29, 1.82) is 0 Å². The number of alkyl halides is 2. The van der Waals surface area contributed by atoms with E-state index in [-0.39, 0.29) is 11.9 Å². The molecule has 1 aromatic heterocycles. The Morgan fingerprint density at radius 2 is 2.00 bits per heavy atom. The van der Waals surface area contributed by atoms with Crippen LogP contribution in [0.5, 0.6) is 0 Å². The SMILES string of the molecule is CCC/C=C(C(N)=O)/C(=C\c1cnc(NC(=O)C2CC2(F)F)cc1C)C1=CNC(CCC)C=C1C. The Hall–Kier alpha value is -3.29. The summed E-state index contributed by atoms with van der Waals surface area (Å²) in [5.74, 6) is -5.27. The first-order valence-electron chi connectivity index (χ1n) is 12.1. The summed E-state index contributed by atoms with van der Waals surface area (Å²) in [7, 11) is 0. The molecular weight excluding hydrogens is 450 g/mol. The van der Waals surface area contributed by atoms with Crippen LogP contribution < -0.4 is 16.4 Å². The summed E-state index contributed by atoms with van der Waals surface area (Å²) in [4.78, 5) is 28.7. The van der Waals surface area contributed by atoms with E-state index in [2.05, 4.69) is 28.6 Å². The van der Waals surface area contributed by atoms with E-state index in [0.717, 1.165) is 41.5 Å².